The molecule has 0 aliphatic heterocycles. The zero-order valence-electron chi connectivity index (χ0n) is 34.6. The highest BCUT2D eigenvalue weighted by Gasteiger charge is 2.26. The Balaban J connectivity index is 1.12. The first-order valence-corrected chi connectivity index (χ1v) is 21.9. The number of hydrogen-bond donors (Lipinski definition) is 0. The number of para-hydroxylation sites is 5. The van der Waals surface area contributed by atoms with Gasteiger partial charge in [-0.15, -0.1) is 0 Å². The first kappa shape index (κ1) is 35.0. The maximum absolute atomic E-state index is 6.59. The van der Waals surface area contributed by atoms with E-state index in [2.05, 4.69) is 232 Å². The van der Waals surface area contributed by atoms with E-state index in [0.717, 1.165) is 61.4 Å². The van der Waals surface area contributed by atoms with Crippen molar-refractivity contribution < 1.29 is 4.42 Å². The number of benzene rings is 11. The SMILES string of the molecule is c1ccc(-n2c3ccccc3c3cccc(-n4c5ccccc5c5c(N(c6ccc7c8ccccc8c8ccccc8c7c6)c6cccc7oc8ccccc8c67)cccc54)c32)cc1. The Hall–Kier alpha value is -8.60. The molecular formula is C60H37N3O. The van der Waals surface area contributed by atoms with Crippen molar-refractivity contribution in [2.75, 3.05) is 4.90 Å². The van der Waals surface area contributed by atoms with Gasteiger partial charge in [0.05, 0.1) is 44.5 Å². The van der Waals surface area contributed by atoms with Crippen LogP contribution >= 0.6 is 0 Å². The normalized spacial score (nSPS) is 12.1. The van der Waals surface area contributed by atoms with Crippen LogP contribution in [0, 0.1) is 0 Å². The van der Waals surface area contributed by atoms with Crippen molar-refractivity contribution in [3.8, 4) is 11.4 Å². The molecule has 0 saturated carbocycles. The summed E-state index contributed by atoms with van der Waals surface area (Å²) in [5, 5.41) is 14.4. The number of fused-ring (bicyclic) bond motifs is 15. The predicted molar refractivity (Wildman–Crippen MR) is 270 cm³/mol. The van der Waals surface area contributed by atoms with Crippen molar-refractivity contribution in [2.45, 2.75) is 0 Å². The highest BCUT2D eigenvalue weighted by molar-refractivity contribution is 6.27. The van der Waals surface area contributed by atoms with E-state index in [-0.39, 0.29) is 0 Å². The molecule has 64 heavy (non-hydrogen) atoms. The minimum atomic E-state index is 0.857. The molecule has 4 nitrogen and oxygen atoms in total. The van der Waals surface area contributed by atoms with E-state index in [0.29, 0.717) is 0 Å². The molecule has 0 aliphatic carbocycles. The third-order valence-electron chi connectivity index (χ3n) is 13.5. The van der Waals surface area contributed by atoms with Crippen molar-refractivity contribution in [1.29, 1.82) is 0 Å². The van der Waals surface area contributed by atoms with Crippen LogP contribution in [-0.4, -0.2) is 9.13 Å². The average Bonchev–Trinajstić information content (AvgIpc) is 4.03. The molecule has 0 spiro atoms. The maximum Gasteiger partial charge on any atom is 0.137 e. The second kappa shape index (κ2) is 13.4. The summed E-state index contributed by atoms with van der Waals surface area (Å²) in [5.41, 5.74) is 11.8. The van der Waals surface area contributed by atoms with Crippen LogP contribution in [0.2, 0.25) is 0 Å². The van der Waals surface area contributed by atoms with Gasteiger partial charge in [0.1, 0.15) is 11.2 Å². The lowest BCUT2D eigenvalue weighted by Gasteiger charge is -2.28. The monoisotopic (exact) mass is 815 g/mol. The quantitative estimate of drug-likeness (QED) is 0.162. The molecule has 0 radical (unpaired) electrons. The smallest absolute Gasteiger partial charge is 0.137 e. The van der Waals surface area contributed by atoms with Gasteiger partial charge in [-0.05, 0) is 105 Å². The summed E-state index contributed by atoms with van der Waals surface area (Å²) < 4.78 is 11.5. The Morgan fingerprint density at radius 2 is 0.828 bits per heavy atom. The second-order valence-corrected chi connectivity index (χ2v) is 16.8. The van der Waals surface area contributed by atoms with Crippen LogP contribution in [0.4, 0.5) is 17.1 Å². The molecule has 11 aromatic carbocycles. The van der Waals surface area contributed by atoms with Gasteiger partial charge in [0.15, 0.2) is 0 Å². The lowest BCUT2D eigenvalue weighted by Crippen LogP contribution is -2.11. The molecule has 0 unspecified atom stereocenters. The topological polar surface area (TPSA) is 26.2 Å². The molecule has 0 atom stereocenters. The van der Waals surface area contributed by atoms with Crippen molar-refractivity contribution in [3.63, 3.8) is 0 Å². The first-order valence-electron chi connectivity index (χ1n) is 21.9. The van der Waals surface area contributed by atoms with E-state index in [1.807, 2.05) is 6.07 Å². The summed E-state index contributed by atoms with van der Waals surface area (Å²) in [4.78, 5) is 2.48. The third kappa shape index (κ3) is 4.88. The van der Waals surface area contributed by atoms with E-state index < -0.39 is 0 Å². The van der Waals surface area contributed by atoms with Gasteiger partial charge in [-0.2, -0.15) is 0 Å². The number of furan rings is 1. The zero-order valence-corrected chi connectivity index (χ0v) is 34.6. The van der Waals surface area contributed by atoms with Crippen molar-refractivity contribution in [1.82, 2.24) is 9.13 Å². The lowest BCUT2D eigenvalue weighted by atomic mass is 9.94. The summed E-state index contributed by atoms with van der Waals surface area (Å²) in [6.45, 7) is 0. The maximum atomic E-state index is 6.59. The summed E-state index contributed by atoms with van der Waals surface area (Å²) in [5.74, 6) is 0. The number of rotatable bonds is 5. The number of aromatic nitrogens is 2. The molecule has 0 saturated heterocycles. The van der Waals surface area contributed by atoms with Gasteiger partial charge in [-0.1, -0.05) is 152 Å². The van der Waals surface area contributed by atoms with Gasteiger partial charge in [-0.25, -0.2) is 0 Å². The van der Waals surface area contributed by atoms with Gasteiger partial charge < -0.3 is 18.5 Å². The first-order chi connectivity index (χ1) is 31.8. The van der Waals surface area contributed by atoms with Crippen LogP contribution in [0.15, 0.2) is 229 Å². The van der Waals surface area contributed by atoms with E-state index in [1.54, 1.807) is 0 Å². The fraction of sp³-hybridized carbons (Fsp3) is 0. The molecule has 0 fully saturated rings. The van der Waals surface area contributed by atoms with E-state index in [1.165, 1.54) is 64.9 Å². The highest BCUT2D eigenvalue weighted by Crippen LogP contribution is 2.49. The zero-order chi connectivity index (χ0) is 41.9. The second-order valence-electron chi connectivity index (χ2n) is 16.8. The van der Waals surface area contributed by atoms with Gasteiger partial charge in [0, 0.05) is 38.3 Å². The fourth-order valence-corrected chi connectivity index (χ4v) is 10.9. The molecule has 0 amide bonds. The summed E-state index contributed by atoms with van der Waals surface area (Å²) >= 11 is 0. The van der Waals surface area contributed by atoms with Crippen LogP contribution in [0.1, 0.15) is 0 Å². The fourth-order valence-electron chi connectivity index (χ4n) is 10.9. The van der Waals surface area contributed by atoms with Crippen molar-refractivity contribution in [3.05, 3.63) is 224 Å². The van der Waals surface area contributed by atoms with Crippen LogP contribution in [0.3, 0.4) is 0 Å². The molecule has 4 heteroatoms. The Labute approximate surface area is 367 Å². The number of hydrogen-bond acceptors (Lipinski definition) is 2. The molecule has 0 bridgehead atoms. The van der Waals surface area contributed by atoms with Crippen molar-refractivity contribution in [2.24, 2.45) is 0 Å². The van der Waals surface area contributed by atoms with Crippen LogP contribution in [0.25, 0.3) is 109 Å². The minimum Gasteiger partial charge on any atom is -0.456 e. The number of anilines is 3. The van der Waals surface area contributed by atoms with Crippen molar-refractivity contribution >= 4 is 115 Å². The van der Waals surface area contributed by atoms with Crippen LogP contribution in [0.5, 0.6) is 0 Å². The summed E-state index contributed by atoms with van der Waals surface area (Å²) in [6.07, 6.45) is 0. The van der Waals surface area contributed by atoms with Gasteiger partial charge in [0.2, 0.25) is 0 Å². The van der Waals surface area contributed by atoms with Crippen LogP contribution < -0.4 is 4.90 Å². The standard InChI is InChI=1S/C60H37N3O/c1-2-17-38(18-3-1)62-50-27-11-8-23-45(50)46-26-14-32-55(60(46)62)63-51-28-12-9-24-47(51)58-52(29-15-30-53(58)63)61(54-31-16-34-57-59(54)48-25-10-13-33-56(48)64-57)39-35-36-44-42-21-5-4-19-40(42)41-20-6-7-22-43(41)49(44)37-39/h1-37H. The Morgan fingerprint density at radius 3 is 1.58 bits per heavy atom. The Kier molecular flexibility index (Phi) is 7.36. The van der Waals surface area contributed by atoms with Gasteiger partial charge in [0.25, 0.3) is 0 Å². The number of nitrogens with zero attached hydrogens (tertiary/aromatic N) is 3. The molecule has 0 aliphatic rings. The highest BCUT2D eigenvalue weighted by atomic mass is 16.3. The molecule has 0 N–H and O–H groups in total. The average molecular weight is 816 g/mol. The molecule has 14 aromatic rings. The molecule has 3 heterocycles. The lowest BCUT2D eigenvalue weighted by molar-refractivity contribution is 0.669. The van der Waals surface area contributed by atoms with E-state index >= 15 is 0 Å². The Bertz CT molecular complexity index is 4170. The van der Waals surface area contributed by atoms with Gasteiger partial charge in [-0.3, -0.25) is 0 Å². The molecule has 14 rings (SSSR count). The third-order valence-corrected chi connectivity index (χ3v) is 13.5. The van der Waals surface area contributed by atoms with E-state index in [9.17, 15) is 0 Å². The minimum absolute atomic E-state index is 0.857. The molecular weight excluding hydrogens is 779 g/mol. The summed E-state index contributed by atoms with van der Waals surface area (Å²) in [7, 11) is 0. The molecule has 298 valence electrons. The predicted octanol–water partition coefficient (Wildman–Crippen LogP) is 16.7. The van der Waals surface area contributed by atoms with Crippen LogP contribution in [-0.2, 0) is 0 Å². The summed E-state index contributed by atoms with van der Waals surface area (Å²) in [6, 6.07) is 81.6. The molecule has 3 aromatic heterocycles. The van der Waals surface area contributed by atoms with E-state index in [4.69, 9.17) is 4.42 Å². The Morgan fingerprint density at radius 1 is 0.312 bits per heavy atom. The van der Waals surface area contributed by atoms with Gasteiger partial charge >= 0.3 is 0 Å². The largest absolute Gasteiger partial charge is 0.456 e.